The zero-order valence-corrected chi connectivity index (χ0v) is 15.9. The van der Waals surface area contributed by atoms with Crippen LogP contribution in [0.3, 0.4) is 0 Å². The van der Waals surface area contributed by atoms with Crippen LogP contribution in [0.1, 0.15) is 30.4 Å². The summed E-state index contributed by atoms with van der Waals surface area (Å²) in [6.45, 7) is 1.01. The molecule has 1 heterocycles. The van der Waals surface area contributed by atoms with Crippen molar-refractivity contribution in [2.45, 2.75) is 24.7 Å². The number of piperidine rings is 1. The molecule has 0 atom stereocenters. The Morgan fingerprint density at radius 1 is 1.07 bits per heavy atom. The molecule has 2 aromatic carbocycles. The van der Waals surface area contributed by atoms with Crippen LogP contribution in [-0.2, 0) is 19.7 Å². The molecule has 146 valence electrons. The molecule has 4 nitrogen and oxygen atoms in total. The lowest BCUT2D eigenvalue weighted by molar-refractivity contribution is -0.151. The van der Waals surface area contributed by atoms with Gasteiger partial charge in [0.25, 0.3) is 0 Å². The number of benzene rings is 2. The highest BCUT2D eigenvalue weighted by molar-refractivity contribution is 5.84. The zero-order valence-electron chi connectivity index (χ0n) is 15.9. The number of esters is 1. The van der Waals surface area contributed by atoms with Crippen LogP contribution in [-0.4, -0.2) is 37.0 Å². The highest BCUT2D eigenvalue weighted by Gasteiger charge is 2.44. The number of likely N-dealkylation sites (tertiary alicyclic amines) is 1. The molecular weight excluding hydrogens is 357 g/mol. The van der Waals surface area contributed by atoms with Crippen molar-refractivity contribution in [3.05, 3.63) is 77.6 Å². The maximum atomic E-state index is 12.9. The lowest BCUT2D eigenvalue weighted by Gasteiger charge is -2.40. The summed E-state index contributed by atoms with van der Waals surface area (Å²) in [5.41, 5.74) is 1.09. The Labute approximate surface area is 164 Å². The third kappa shape index (κ3) is 4.30. The fraction of sp³-hybridized carbons (Fsp3) is 0.304. The summed E-state index contributed by atoms with van der Waals surface area (Å²) in [7, 11) is 1.41. The van der Waals surface area contributed by atoms with Gasteiger partial charge in [-0.3, -0.25) is 9.59 Å². The van der Waals surface area contributed by atoms with E-state index in [-0.39, 0.29) is 24.1 Å². The van der Waals surface area contributed by atoms with Gasteiger partial charge in [0.2, 0.25) is 5.91 Å². The Balaban J connectivity index is 1.62. The molecule has 1 aliphatic rings. The molecule has 1 amide bonds. The topological polar surface area (TPSA) is 46.6 Å². The summed E-state index contributed by atoms with van der Waals surface area (Å²) >= 11 is 0. The van der Waals surface area contributed by atoms with Crippen molar-refractivity contribution in [2.75, 3.05) is 20.2 Å². The largest absolute Gasteiger partial charge is 0.468 e. The van der Waals surface area contributed by atoms with Crippen LogP contribution >= 0.6 is 0 Å². The first-order valence-corrected chi connectivity index (χ1v) is 9.39. The molecule has 5 heteroatoms. The standard InChI is InChI=1S/C23H24FNO3/c1-28-22(27)23(19-7-3-2-4-8-19)14-16-25(17-15-23)21(26)9-5-6-18-10-12-20(24)13-11-18/h2-8,10-13H,9,14-17H2,1H3/b6-5+. The lowest BCUT2D eigenvalue weighted by Crippen LogP contribution is -2.49. The molecule has 0 radical (unpaired) electrons. The van der Waals surface area contributed by atoms with Gasteiger partial charge in [0.05, 0.1) is 12.5 Å². The first-order valence-electron chi connectivity index (χ1n) is 9.39. The van der Waals surface area contributed by atoms with Gasteiger partial charge in [0.1, 0.15) is 5.82 Å². The molecule has 2 aromatic rings. The van der Waals surface area contributed by atoms with E-state index < -0.39 is 5.41 Å². The normalized spacial score (nSPS) is 16.1. The van der Waals surface area contributed by atoms with E-state index in [1.807, 2.05) is 36.4 Å². The monoisotopic (exact) mass is 381 g/mol. The molecule has 0 aliphatic carbocycles. The fourth-order valence-corrected chi connectivity index (χ4v) is 3.70. The van der Waals surface area contributed by atoms with Crippen molar-refractivity contribution in [1.82, 2.24) is 4.90 Å². The fourth-order valence-electron chi connectivity index (χ4n) is 3.70. The van der Waals surface area contributed by atoms with Crippen molar-refractivity contribution >= 4 is 18.0 Å². The molecule has 0 unspecified atom stereocenters. The average Bonchev–Trinajstić information content (AvgIpc) is 2.75. The van der Waals surface area contributed by atoms with Gasteiger partial charge in [-0.15, -0.1) is 0 Å². The molecular formula is C23H24FNO3. The number of carbonyl (C=O) groups excluding carboxylic acids is 2. The Bertz CT molecular complexity index is 838. The van der Waals surface area contributed by atoms with Crippen molar-refractivity contribution in [3.8, 4) is 0 Å². The first-order chi connectivity index (χ1) is 13.5. The smallest absolute Gasteiger partial charge is 0.316 e. The van der Waals surface area contributed by atoms with Gasteiger partial charge in [0.15, 0.2) is 0 Å². The third-order valence-electron chi connectivity index (χ3n) is 5.34. The Morgan fingerprint density at radius 2 is 1.71 bits per heavy atom. The van der Waals surface area contributed by atoms with E-state index in [0.717, 1.165) is 11.1 Å². The van der Waals surface area contributed by atoms with Crippen LogP contribution in [0.25, 0.3) is 6.08 Å². The van der Waals surface area contributed by atoms with E-state index in [0.29, 0.717) is 25.9 Å². The quantitative estimate of drug-likeness (QED) is 0.737. The molecule has 0 aromatic heterocycles. The molecule has 1 saturated heterocycles. The highest BCUT2D eigenvalue weighted by Crippen LogP contribution is 2.37. The van der Waals surface area contributed by atoms with Gasteiger partial charge in [-0.2, -0.15) is 0 Å². The Kier molecular flexibility index (Phi) is 6.24. The van der Waals surface area contributed by atoms with E-state index >= 15 is 0 Å². The molecule has 0 bridgehead atoms. The molecule has 0 saturated carbocycles. The van der Waals surface area contributed by atoms with Gasteiger partial charge in [0, 0.05) is 19.5 Å². The minimum absolute atomic E-state index is 0.0184. The second-order valence-electron chi connectivity index (χ2n) is 6.98. The van der Waals surface area contributed by atoms with E-state index in [4.69, 9.17) is 4.74 Å². The SMILES string of the molecule is COC(=O)C1(c2ccccc2)CCN(C(=O)C/C=C/c2ccc(F)cc2)CC1. The van der Waals surface area contributed by atoms with Crippen LogP contribution < -0.4 is 0 Å². The lowest BCUT2D eigenvalue weighted by atomic mass is 9.72. The van der Waals surface area contributed by atoms with Crippen molar-refractivity contribution < 1.29 is 18.7 Å². The number of rotatable bonds is 5. The second-order valence-corrected chi connectivity index (χ2v) is 6.98. The van der Waals surface area contributed by atoms with E-state index in [1.165, 1.54) is 19.2 Å². The molecule has 3 rings (SSSR count). The van der Waals surface area contributed by atoms with Crippen LogP contribution in [0.4, 0.5) is 4.39 Å². The maximum absolute atomic E-state index is 12.9. The minimum Gasteiger partial charge on any atom is -0.468 e. The predicted octanol–water partition coefficient (Wildman–Crippen LogP) is 3.96. The van der Waals surface area contributed by atoms with Crippen molar-refractivity contribution in [1.29, 1.82) is 0 Å². The molecule has 28 heavy (non-hydrogen) atoms. The van der Waals surface area contributed by atoms with Crippen LogP contribution in [0.15, 0.2) is 60.7 Å². The Morgan fingerprint density at radius 3 is 2.32 bits per heavy atom. The summed E-state index contributed by atoms with van der Waals surface area (Å²) in [4.78, 5) is 26.9. The van der Waals surface area contributed by atoms with Gasteiger partial charge in [-0.1, -0.05) is 54.6 Å². The van der Waals surface area contributed by atoms with Crippen molar-refractivity contribution in [3.63, 3.8) is 0 Å². The number of amides is 1. The summed E-state index contributed by atoms with van der Waals surface area (Å²) < 4.78 is 18.0. The van der Waals surface area contributed by atoms with Gasteiger partial charge in [-0.05, 0) is 36.1 Å². The van der Waals surface area contributed by atoms with E-state index in [1.54, 1.807) is 23.1 Å². The Hall–Kier alpha value is -2.95. The molecule has 0 N–H and O–H groups in total. The number of carbonyl (C=O) groups is 2. The summed E-state index contributed by atoms with van der Waals surface area (Å²) in [5.74, 6) is -0.513. The highest BCUT2D eigenvalue weighted by atomic mass is 19.1. The number of methoxy groups -OCH3 is 1. The predicted molar refractivity (Wildman–Crippen MR) is 106 cm³/mol. The van der Waals surface area contributed by atoms with Gasteiger partial charge in [-0.25, -0.2) is 4.39 Å². The maximum Gasteiger partial charge on any atom is 0.316 e. The van der Waals surface area contributed by atoms with Crippen LogP contribution in [0.5, 0.6) is 0 Å². The van der Waals surface area contributed by atoms with E-state index in [2.05, 4.69) is 0 Å². The number of ether oxygens (including phenoxy) is 1. The summed E-state index contributed by atoms with van der Waals surface area (Å²) in [6.07, 6.45) is 4.95. The molecule has 1 fully saturated rings. The number of nitrogens with zero attached hydrogens (tertiary/aromatic N) is 1. The first kappa shape index (κ1) is 19.8. The van der Waals surface area contributed by atoms with Gasteiger partial charge < -0.3 is 9.64 Å². The number of hydrogen-bond donors (Lipinski definition) is 0. The average molecular weight is 381 g/mol. The van der Waals surface area contributed by atoms with Crippen molar-refractivity contribution in [2.24, 2.45) is 0 Å². The summed E-state index contributed by atoms with van der Waals surface area (Å²) in [6, 6.07) is 15.8. The minimum atomic E-state index is -0.698. The van der Waals surface area contributed by atoms with Crippen LogP contribution in [0, 0.1) is 5.82 Å². The summed E-state index contributed by atoms with van der Waals surface area (Å²) in [5, 5.41) is 0. The second kappa shape index (κ2) is 8.83. The number of hydrogen-bond acceptors (Lipinski definition) is 3. The number of halogens is 1. The van der Waals surface area contributed by atoms with Gasteiger partial charge >= 0.3 is 5.97 Å². The third-order valence-corrected chi connectivity index (χ3v) is 5.34. The van der Waals surface area contributed by atoms with Crippen LogP contribution in [0.2, 0.25) is 0 Å². The van der Waals surface area contributed by atoms with E-state index in [9.17, 15) is 14.0 Å². The molecule has 1 aliphatic heterocycles. The zero-order chi connectivity index (χ0) is 20.0. The molecule has 0 spiro atoms.